The Labute approximate surface area is 188 Å². The summed E-state index contributed by atoms with van der Waals surface area (Å²) in [6.45, 7) is 6.47. The highest BCUT2D eigenvalue weighted by atomic mass is 16.5. The summed E-state index contributed by atoms with van der Waals surface area (Å²) < 4.78 is 13.0. The van der Waals surface area contributed by atoms with Crippen molar-refractivity contribution in [3.05, 3.63) is 77.1 Å². The number of rotatable bonds is 8. The number of carbonyl (C=O) groups is 2. The minimum atomic E-state index is -0.450. The normalized spacial score (nSPS) is 10.5. The second-order valence-corrected chi connectivity index (χ2v) is 7.43. The number of hydrogen-bond acceptors (Lipinski definition) is 4. The molecule has 0 spiro atoms. The maximum absolute atomic E-state index is 12.7. The number of carbonyl (C=O) groups excluding carboxylic acids is 2. The molecule has 0 aliphatic heterocycles. The summed E-state index contributed by atoms with van der Waals surface area (Å²) in [6, 6.07) is 16.5. The zero-order valence-electron chi connectivity index (χ0n) is 18.9. The molecule has 1 aromatic heterocycles. The molecule has 1 heterocycles. The predicted octanol–water partition coefficient (Wildman–Crippen LogP) is 4.36. The molecule has 3 aromatic rings. The minimum absolute atomic E-state index is 0.347. The van der Waals surface area contributed by atoms with Gasteiger partial charge in [0.2, 0.25) is 0 Å². The number of hydrazine groups is 1. The van der Waals surface area contributed by atoms with Crippen LogP contribution in [0, 0.1) is 13.8 Å². The lowest BCUT2D eigenvalue weighted by molar-refractivity contribution is 0.0846. The molecular formula is C25H29N3O4. The third kappa shape index (κ3) is 5.11. The number of aryl methyl sites for hydroxylation is 1. The van der Waals surface area contributed by atoms with Crippen LogP contribution >= 0.6 is 0 Å². The molecule has 3 rings (SSSR count). The van der Waals surface area contributed by atoms with Gasteiger partial charge in [-0.05, 0) is 56.7 Å². The van der Waals surface area contributed by atoms with Gasteiger partial charge in [-0.3, -0.25) is 20.4 Å². The monoisotopic (exact) mass is 435 g/mol. The van der Waals surface area contributed by atoms with Gasteiger partial charge in [0.15, 0.2) is 11.5 Å². The summed E-state index contributed by atoms with van der Waals surface area (Å²) in [4.78, 5) is 25.3. The number of unbranched alkanes of at least 4 members (excludes halogenated alkanes) is 1. The third-order valence-corrected chi connectivity index (χ3v) is 5.16. The Morgan fingerprint density at radius 3 is 2.34 bits per heavy atom. The fraction of sp³-hybridized carbons (Fsp3) is 0.280. The maximum atomic E-state index is 12.7. The summed E-state index contributed by atoms with van der Waals surface area (Å²) in [7, 11) is 1.52. The van der Waals surface area contributed by atoms with Gasteiger partial charge in [-0.15, -0.1) is 0 Å². The van der Waals surface area contributed by atoms with Gasteiger partial charge in [-0.2, -0.15) is 0 Å². The highest BCUT2D eigenvalue weighted by molar-refractivity contribution is 6.00. The molecule has 7 nitrogen and oxygen atoms in total. The zero-order valence-corrected chi connectivity index (χ0v) is 18.9. The molecular weight excluding hydrogens is 406 g/mol. The predicted molar refractivity (Wildman–Crippen MR) is 124 cm³/mol. The quantitative estimate of drug-likeness (QED) is 0.407. The Bertz CT molecular complexity index is 1090. The Morgan fingerprint density at radius 1 is 0.938 bits per heavy atom. The first-order valence-electron chi connectivity index (χ1n) is 10.6. The molecule has 7 heteroatoms. The Morgan fingerprint density at radius 2 is 1.66 bits per heavy atom. The van der Waals surface area contributed by atoms with Crippen molar-refractivity contribution in [2.24, 2.45) is 0 Å². The van der Waals surface area contributed by atoms with Crippen molar-refractivity contribution in [1.82, 2.24) is 15.4 Å². The largest absolute Gasteiger partial charge is 0.493 e. The molecule has 2 N–H and O–H groups in total. The molecule has 2 aromatic carbocycles. The van der Waals surface area contributed by atoms with Crippen LogP contribution in [-0.4, -0.2) is 30.1 Å². The summed E-state index contributed by atoms with van der Waals surface area (Å²) in [5.41, 5.74) is 8.49. The molecule has 0 unspecified atom stereocenters. The van der Waals surface area contributed by atoms with Gasteiger partial charge in [-0.1, -0.05) is 31.5 Å². The second-order valence-electron chi connectivity index (χ2n) is 7.43. The fourth-order valence-electron chi connectivity index (χ4n) is 3.47. The highest BCUT2D eigenvalue weighted by Crippen LogP contribution is 2.28. The SMILES string of the molecule is CCCCOc1ccc(C(=O)NNC(=O)c2cc(C)n(-c3ccccc3)c2C)cc1OC. The highest BCUT2D eigenvalue weighted by Gasteiger charge is 2.18. The molecule has 2 amide bonds. The summed E-state index contributed by atoms with van der Waals surface area (Å²) in [6.07, 6.45) is 1.96. The van der Waals surface area contributed by atoms with E-state index in [1.165, 1.54) is 7.11 Å². The average molecular weight is 436 g/mol. The van der Waals surface area contributed by atoms with Crippen molar-refractivity contribution in [2.75, 3.05) is 13.7 Å². The van der Waals surface area contributed by atoms with E-state index < -0.39 is 5.91 Å². The topological polar surface area (TPSA) is 81.6 Å². The molecule has 0 radical (unpaired) electrons. The second kappa shape index (κ2) is 10.5. The number of para-hydroxylation sites is 1. The van der Waals surface area contributed by atoms with Crippen molar-refractivity contribution in [2.45, 2.75) is 33.6 Å². The van der Waals surface area contributed by atoms with Crippen LogP contribution in [0.3, 0.4) is 0 Å². The van der Waals surface area contributed by atoms with E-state index in [9.17, 15) is 9.59 Å². The van der Waals surface area contributed by atoms with Crippen LogP contribution in [0.4, 0.5) is 0 Å². The summed E-state index contributed by atoms with van der Waals surface area (Å²) in [5.74, 6) is 0.204. The van der Waals surface area contributed by atoms with Crippen LogP contribution in [0.15, 0.2) is 54.6 Å². The van der Waals surface area contributed by atoms with Gasteiger partial charge in [-0.25, -0.2) is 0 Å². The first-order chi connectivity index (χ1) is 15.5. The minimum Gasteiger partial charge on any atom is -0.493 e. The molecule has 0 fully saturated rings. The number of nitrogens with one attached hydrogen (secondary N) is 2. The molecule has 0 atom stereocenters. The fourth-order valence-corrected chi connectivity index (χ4v) is 3.47. The lowest BCUT2D eigenvalue weighted by Gasteiger charge is -2.13. The van der Waals surface area contributed by atoms with E-state index in [4.69, 9.17) is 9.47 Å². The van der Waals surface area contributed by atoms with Crippen molar-refractivity contribution in [3.63, 3.8) is 0 Å². The molecule has 0 saturated carbocycles. The van der Waals surface area contributed by atoms with Crippen molar-refractivity contribution in [3.8, 4) is 17.2 Å². The number of methoxy groups -OCH3 is 1. The Balaban J connectivity index is 1.68. The molecule has 0 aliphatic rings. The van der Waals surface area contributed by atoms with Gasteiger partial charge >= 0.3 is 0 Å². The molecule has 0 aliphatic carbocycles. The standard InChI is InChI=1S/C25H29N3O4/c1-5-6-14-32-22-13-12-19(16-23(22)31-4)24(29)26-27-25(30)21-15-17(2)28(18(21)3)20-10-8-7-9-11-20/h7-13,15-16H,5-6,14H2,1-4H3,(H,26,29)(H,27,30). The van der Waals surface area contributed by atoms with E-state index in [2.05, 4.69) is 17.8 Å². The van der Waals surface area contributed by atoms with Crippen LogP contribution in [0.5, 0.6) is 11.5 Å². The average Bonchev–Trinajstić information content (AvgIpc) is 3.11. The molecule has 168 valence electrons. The van der Waals surface area contributed by atoms with E-state index in [1.807, 2.05) is 48.7 Å². The van der Waals surface area contributed by atoms with E-state index in [0.717, 1.165) is 29.9 Å². The lowest BCUT2D eigenvalue weighted by atomic mass is 10.2. The van der Waals surface area contributed by atoms with Crippen LogP contribution in [0.1, 0.15) is 51.9 Å². The van der Waals surface area contributed by atoms with Crippen LogP contribution in [-0.2, 0) is 0 Å². The molecule has 0 saturated heterocycles. The van der Waals surface area contributed by atoms with Crippen LogP contribution < -0.4 is 20.3 Å². The van der Waals surface area contributed by atoms with E-state index in [-0.39, 0.29) is 5.91 Å². The summed E-state index contributed by atoms with van der Waals surface area (Å²) in [5, 5.41) is 0. The summed E-state index contributed by atoms with van der Waals surface area (Å²) >= 11 is 0. The first kappa shape index (κ1) is 22.9. The van der Waals surface area contributed by atoms with Crippen LogP contribution in [0.2, 0.25) is 0 Å². The number of amides is 2. The number of ether oxygens (including phenoxy) is 2. The molecule has 32 heavy (non-hydrogen) atoms. The zero-order chi connectivity index (χ0) is 23.1. The van der Waals surface area contributed by atoms with E-state index >= 15 is 0 Å². The van der Waals surface area contributed by atoms with Gasteiger partial charge in [0, 0.05) is 22.6 Å². The number of aromatic nitrogens is 1. The number of nitrogens with zero attached hydrogens (tertiary/aromatic N) is 1. The maximum Gasteiger partial charge on any atom is 0.271 e. The number of hydrogen-bond donors (Lipinski definition) is 2. The Kier molecular flexibility index (Phi) is 7.54. The Hall–Kier alpha value is -3.74. The van der Waals surface area contributed by atoms with Gasteiger partial charge in [0.1, 0.15) is 0 Å². The van der Waals surface area contributed by atoms with Crippen molar-refractivity contribution >= 4 is 11.8 Å². The molecule has 0 bridgehead atoms. The van der Waals surface area contributed by atoms with E-state index in [0.29, 0.717) is 29.2 Å². The van der Waals surface area contributed by atoms with Crippen molar-refractivity contribution < 1.29 is 19.1 Å². The van der Waals surface area contributed by atoms with Gasteiger partial charge in [0.05, 0.1) is 19.3 Å². The van der Waals surface area contributed by atoms with Crippen molar-refractivity contribution in [1.29, 1.82) is 0 Å². The van der Waals surface area contributed by atoms with E-state index in [1.54, 1.807) is 24.3 Å². The smallest absolute Gasteiger partial charge is 0.271 e. The first-order valence-corrected chi connectivity index (χ1v) is 10.6. The third-order valence-electron chi connectivity index (χ3n) is 5.16. The lowest BCUT2D eigenvalue weighted by Crippen LogP contribution is -2.41. The van der Waals surface area contributed by atoms with Gasteiger partial charge < -0.3 is 14.0 Å². The van der Waals surface area contributed by atoms with Crippen LogP contribution in [0.25, 0.3) is 5.69 Å². The number of benzene rings is 2. The van der Waals surface area contributed by atoms with Gasteiger partial charge in [0.25, 0.3) is 11.8 Å².